The van der Waals surface area contributed by atoms with Gasteiger partial charge in [0.15, 0.2) is 0 Å². The van der Waals surface area contributed by atoms with E-state index in [0.29, 0.717) is 9.89 Å². The van der Waals surface area contributed by atoms with Crippen LogP contribution in [0.4, 0.5) is 8.78 Å². The number of halogens is 3. The zero-order chi connectivity index (χ0) is 13.2. The molecule has 1 saturated carbocycles. The molecule has 1 aliphatic rings. The second kappa shape index (κ2) is 5.66. The third-order valence-corrected chi connectivity index (χ3v) is 4.29. The van der Waals surface area contributed by atoms with Crippen LogP contribution in [0.5, 0.6) is 0 Å². The van der Waals surface area contributed by atoms with E-state index in [9.17, 15) is 8.78 Å². The molecule has 0 heterocycles. The van der Waals surface area contributed by atoms with Crippen LogP contribution in [0.25, 0.3) is 0 Å². The lowest BCUT2D eigenvalue weighted by atomic mass is 10.0. The minimum Gasteiger partial charge on any atom is -0.312 e. The highest BCUT2D eigenvalue weighted by molar-refractivity contribution is 9.10. The maximum atomic E-state index is 13.7. The SMILES string of the molecule is CCCC1(CNCc2c(F)ccc(Br)c2F)CC1. The molecule has 1 aliphatic carbocycles. The Bertz CT molecular complexity index is 430. The summed E-state index contributed by atoms with van der Waals surface area (Å²) in [5, 5.41) is 3.20. The molecule has 0 bridgehead atoms. The van der Waals surface area contributed by atoms with Gasteiger partial charge < -0.3 is 5.32 Å². The van der Waals surface area contributed by atoms with Crippen molar-refractivity contribution in [1.29, 1.82) is 0 Å². The van der Waals surface area contributed by atoms with Crippen LogP contribution in [0.15, 0.2) is 16.6 Å². The topological polar surface area (TPSA) is 12.0 Å². The lowest BCUT2D eigenvalue weighted by molar-refractivity contribution is 0.414. The molecule has 1 fully saturated rings. The van der Waals surface area contributed by atoms with Crippen LogP contribution in [0.1, 0.15) is 38.2 Å². The first-order valence-electron chi connectivity index (χ1n) is 6.41. The molecule has 1 aromatic carbocycles. The molecule has 2 rings (SSSR count). The van der Waals surface area contributed by atoms with Gasteiger partial charge in [-0.25, -0.2) is 8.78 Å². The van der Waals surface area contributed by atoms with E-state index in [2.05, 4.69) is 28.2 Å². The monoisotopic (exact) mass is 317 g/mol. The summed E-state index contributed by atoms with van der Waals surface area (Å²) in [5.41, 5.74) is 0.518. The third kappa shape index (κ3) is 3.09. The van der Waals surface area contributed by atoms with E-state index in [1.807, 2.05) is 0 Å². The highest BCUT2D eigenvalue weighted by Crippen LogP contribution is 2.48. The number of hydrogen-bond donors (Lipinski definition) is 1. The molecule has 100 valence electrons. The summed E-state index contributed by atoms with van der Waals surface area (Å²) in [5.74, 6) is -0.980. The maximum absolute atomic E-state index is 13.7. The summed E-state index contributed by atoms with van der Waals surface area (Å²) in [4.78, 5) is 0. The van der Waals surface area contributed by atoms with Crippen molar-refractivity contribution in [3.63, 3.8) is 0 Å². The highest BCUT2D eigenvalue weighted by atomic mass is 79.9. The largest absolute Gasteiger partial charge is 0.312 e. The summed E-state index contributed by atoms with van der Waals surface area (Å²) < 4.78 is 27.5. The number of hydrogen-bond acceptors (Lipinski definition) is 1. The van der Waals surface area contributed by atoms with Crippen LogP contribution in [0.3, 0.4) is 0 Å². The first kappa shape index (κ1) is 13.9. The average Bonchev–Trinajstić information content (AvgIpc) is 3.09. The van der Waals surface area contributed by atoms with Crippen LogP contribution < -0.4 is 5.32 Å². The lowest BCUT2D eigenvalue weighted by Gasteiger charge is -2.15. The predicted octanol–water partition coefficient (Wildman–Crippen LogP) is 4.40. The fourth-order valence-corrected chi connectivity index (χ4v) is 2.78. The first-order valence-corrected chi connectivity index (χ1v) is 7.20. The van der Waals surface area contributed by atoms with Gasteiger partial charge in [0.05, 0.1) is 4.47 Å². The van der Waals surface area contributed by atoms with Crippen molar-refractivity contribution in [2.24, 2.45) is 5.41 Å². The summed E-state index contributed by atoms with van der Waals surface area (Å²) in [7, 11) is 0. The number of rotatable bonds is 6. The van der Waals surface area contributed by atoms with Gasteiger partial charge in [-0.3, -0.25) is 0 Å². The molecule has 0 atom stereocenters. The Morgan fingerprint density at radius 3 is 2.67 bits per heavy atom. The van der Waals surface area contributed by atoms with Gasteiger partial charge in [-0.15, -0.1) is 0 Å². The second-order valence-electron chi connectivity index (χ2n) is 5.18. The molecule has 4 heteroatoms. The Labute approximate surface area is 115 Å². The van der Waals surface area contributed by atoms with E-state index in [-0.39, 0.29) is 12.1 Å². The Morgan fingerprint density at radius 1 is 1.33 bits per heavy atom. The minimum absolute atomic E-state index is 0.122. The van der Waals surface area contributed by atoms with Crippen molar-refractivity contribution in [1.82, 2.24) is 5.32 Å². The Kier molecular flexibility index (Phi) is 4.38. The van der Waals surface area contributed by atoms with Gasteiger partial charge in [0.1, 0.15) is 11.6 Å². The Balaban J connectivity index is 1.93. The van der Waals surface area contributed by atoms with E-state index in [4.69, 9.17) is 0 Å². The fourth-order valence-electron chi connectivity index (χ4n) is 2.41. The molecule has 1 N–H and O–H groups in total. The zero-order valence-corrected chi connectivity index (χ0v) is 12.1. The molecule has 0 amide bonds. The van der Waals surface area contributed by atoms with Gasteiger partial charge in [0.2, 0.25) is 0 Å². The second-order valence-corrected chi connectivity index (χ2v) is 6.03. The molecule has 0 aromatic heterocycles. The third-order valence-electron chi connectivity index (χ3n) is 3.68. The molecule has 18 heavy (non-hydrogen) atoms. The number of benzene rings is 1. The van der Waals surface area contributed by atoms with E-state index in [0.717, 1.165) is 6.54 Å². The summed E-state index contributed by atoms with van der Waals surface area (Å²) in [6.07, 6.45) is 4.83. The molecule has 0 saturated heterocycles. The van der Waals surface area contributed by atoms with Crippen LogP contribution in [-0.4, -0.2) is 6.54 Å². The highest BCUT2D eigenvalue weighted by Gasteiger charge is 2.40. The molecule has 0 aliphatic heterocycles. The molecule has 0 radical (unpaired) electrons. The van der Waals surface area contributed by atoms with Crippen LogP contribution >= 0.6 is 15.9 Å². The van der Waals surface area contributed by atoms with Gasteiger partial charge >= 0.3 is 0 Å². The van der Waals surface area contributed by atoms with Crippen LogP contribution in [0.2, 0.25) is 0 Å². The van der Waals surface area contributed by atoms with E-state index < -0.39 is 11.6 Å². The van der Waals surface area contributed by atoms with Gasteiger partial charge in [0, 0.05) is 18.7 Å². The van der Waals surface area contributed by atoms with Crippen molar-refractivity contribution in [2.45, 2.75) is 39.2 Å². The standard InChI is InChI=1S/C14H18BrF2N/c1-2-5-14(6-7-14)9-18-8-10-12(16)4-3-11(15)13(10)17/h3-4,18H,2,5-9H2,1H3. The quantitative estimate of drug-likeness (QED) is 0.767. The molecular formula is C14H18BrF2N. The normalized spacial score (nSPS) is 16.9. The van der Waals surface area contributed by atoms with Gasteiger partial charge in [-0.05, 0) is 52.7 Å². The Morgan fingerprint density at radius 2 is 2.06 bits per heavy atom. The smallest absolute Gasteiger partial charge is 0.144 e. The first-order chi connectivity index (χ1) is 8.58. The lowest BCUT2D eigenvalue weighted by Crippen LogP contribution is -2.24. The van der Waals surface area contributed by atoms with E-state index >= 15 is 0 Å². The molecule has 1 nitrogen and oxygen atoms in total. The average molecular weight is 318 g/mol. The molecule has 0 unspecified atom stereocenters. The van der Waals surface area contributed by atoms with E-state index in [1.165, 1.54) is 37.8 Å². The molecule has 1 aromatic rings. The van der Waals surface area contributed by atoms with Crippen LogP contribution in [-0.2, 0) is 6.54 Å². The predicted molar refractivity (Wildman–Crippen MR) is 72.3 cm³/mol. The van der Waals surface area contributed by atoms with Crippen molar-refractivity contribution in [2.75, 3.05) is 6.54 Å². The fraction of sp³-hybridized carbons (Fsp3) is 0.571. The van der Waals surface area contributed by atoms with Gasteiger partial charge in [-0.1, -0.05) is 13.3 Å². The summed E-state index contributed by atoms with van der Waals surface area (Å²) >= 11 is 3.08. The van der Waals surface area contributed by atoms with Gasteiger partial charge in [-0.2, -0.15) is 0 Å². The summed E-state index contributed by atoms with van der Waals surface area (Å²) in [6.45, 7) is 3.28. The maximum Gasteiger partial charge on any atom is 0.144 e. The minimum atomic E-state index is -0.497. The van der Waals surface area contributed by atoms with Gasteiger partial charge in [0.25, 0.3) is 0 Å². The summed E-state index contributed by atoms with van der Waals surface area (Å²) in [6, 6.07) is 2.69. The van der Waals surface area contributed by atoms with Crippen molar-refractivity contribution < 1.29 is 8.78 Å². The molecule has 0 spiro atoms. The van der Waals surface area contributed by atoms with Crippen molar-refractivity contribution >= 4 is 15.9 Å². The Hall–Kier alpha value is -0.480. The van der Waals surface area contributed by atoms with Crippen molar-refractivity contribution in [3.8, 4) is 0 Å². The molecular weight excluding hydrogens is 300 g/mol. The number of nitrogens with one attached hydrogen (secondary N) is 1. The van der Waals surface area contributed by atoms with Crippen LogP contribution in [0, 0.1) is 17.0 Å². The van der Waals surface area contributed by atoms with Crippen molar-refractivity contribution in [3.05, 3.63) is 33.8 Å². The van der Waals surface area contributed by atoms with E-state index in [1.54, 1.807) is 0 Å². The zero-order valence-electron chi connectivity index (χ0n) is 10.5.